The first kappa shape index (κ1) is 19.7. The quantitative estimate of drug-likeness (QED) is 0.769. The molecular formula is C18H17ClF2N2O3. The molecule has 2 amide bonds. The Kier molecular flexibility index (Phi) is 6.91. The van der Waals surface area contributed by atoms with Crippen LogP contribution in [0.15, 0.2) is 48.5 Å². The van der Waals surface area contributed by atoms with Crippen molar-refractivity contribution in [3.63, 3.8) is 0 Å². The molecule has 2 rings (SSSR count). The first-order valence-corrected chi connectivity index (χ1v) is 8.12. The molecule has 0 saturated heterocycles. The molecule has 1 atom stereocenters. The highest BCUT2D eigenvalue weighted by Crippen LogP contribution is 2.22. The Morgan fingerprint density at radius 1 is 1.12 bits per heavy atom. The molecule has 0 saturated carbocycles. The number of hydrogen-bond donors (Lipinski definition) is 2. The van der Waals surface area contributed by atoms with Gasteiger partial charge in [0.2, 0.25) is 5.91 Å². The maximum Gasteiger partial charge on any atom is 0.387 e. The van der Waals surface area contributed by atoms with E-state index in [4.69, 9.17) is 11.6 Å². The fourth-order valence-electron chi connectivity index (χ4n) is 2.31. The number of rotatable bonds is 7. The van der Waals surface area contributed by atoms with E-state index in [0.717, 1.165) is 5.56 Å². The molecule has 0 spiro atoms. The molecule has 1 unspecified atom stereocenters. The van der Waals surface area contributed by atoms with Crippen LogP contribution in [0, 0.1) is 0 Å². The normalized spacial score (nSPS) is 11.7. The van der Waals surface area contributed by atoms with Crippen LogP contribution in [0.2, 0.25) is 5.02 Å². The monoisotopic (exact) mass is 382 g/mol. The van der Waals surface area contributed by atoms with Gasteiger partial charge >= 0.3 is 6.61 Å². The highest BCUT2D eigenvalue weighted by molar-refractivity contribution is 6.31. The number of halogens is 3. The van der Waals surface area contributed by atoms with Gasteiger partial charge < -0.3 is 15.4 Å². The summed E-state index contributed by atoms with van der Waals surface area (Å²) in [7, 11) is 0. The molecule has 0 bridgehead atoms. The third-order valence-corrected chi connectivity index (χ3v) is 3.85. The van der Waals surface area contributed by atoms with Gasteiger partial charge in [0.15, 0.2) is 0 Å². The van der Waals surface area contributed by atoms with E-state index in [1.54, 1.807) is 31.2 Å². The molecule has 8 heteroatoms. The summed E-state index contributed by atoms with van der Waals surface area (Å²) in [4.78, 5) is 24.1. The number of para-hydroxylation sites is 1. The Labute approximate surface area is 154 Å². The molecule has 0 heterocycles. The van der Waals surface area contributed by atoms with Crippen LogP contribution in [-0.4, -0.2) is 25.0 Å². The lowest BCUT2D eigenvalue weighted by molar-refractivity contribution is -0.120. The van der Waals surface area contributed by atoms with Crippen LogP contribution in [-0.2, 0) is 4.79 Å². The number of hydrogen-bond acceptors (Lipinski definition) is 3. The molecule has 26 heavy (non-hydrogen) atoms. The zero-order valence-corrected chi connectivity index (χ0v) is 14.6. The lowest BCUT2D eigenvalue weighted by Crippen LogP contribution is -2.38. The number of carbonyl (C=O) groups is 2. The molecule has 5 nitrogen and oxygen atoms in total. The van der Waals surface area contributed by atoms with Crippen molar-refractivity contribution in [2.45, 2.75) is 19.6 Å². The van der Waals surface area contributed by atoms with Gasteiger partial charge in [0.1, 0.15) is 5.75 Å². The van der Waals surface area contributed by atoms with Gasteiger partial charge in [0, 0.05) is 5.02 Å². The molecule has 0 fully saturated rings. The van der Waals surface area contributed by atoms with Crippen molar-refractivity contribution in [1.29, 1.82) is 0 Å². The molecule has 0 aliphatic rings. The molecule has 2 aromatic rings. The van der Waals surface area contributed by atoms with E-state index in [1.807, 2.05) is 0 Å². The van der Waals surface area contributed by atoms with Crippen molar-refractivity contribution in [2.24, 2.45) is 0 Å². The second-order valence-electron chi connectivity index (χ2n) is 5.37. The smallest absolute Gasteiger partial charge is 0.387 e. The van der Waals surface area contributed by atoms with Crippen molar-refractivity contribution in [3.8, 4) is 5.75 Å². The van der Waals surface area contributed by atoms with Crippen molar-refractivity contribution in [2.75, 3.05) is 6.54 Å². The fourth-order valence-corrected chi connectivity index (χ4v) is 2.60. The predicted octanol–water partition coefficient (Wildman–Crippen LogP) is 3.55. The maximum absolute atomic E-state index is 12.4. The lowest BCUT2D eigenvalue weighted by Gasteiger charge is -2.16. The summed E-state index contributed by atoms with van der Waals surface area (Å²) >= 11 is 6.07. The van der Waals surface area contributed by atoms with Crippen LogP contribution < -0.4 is 15.4 Å². The number of ether oxygens (including phenoxy) is 1. The minimum absolute atomic E-state index is 0.0836. The first-order chi connectivity index (χ1) is 12.4. The summed E-state index contributed by atoms with van der Waals surface area (Å²) in [5, 5.41) is 5.59. The van der Waals surface area contributed by atoms with Crippen molar-refractivity contribution in [1.82, 2.24) is 10.6 Å². The molecule has 0 aromatic heterocycles. The zero-order chi connectivity index (χ0) is 19.1. The summed E-state index contributed by atoms with van der Waals surface area (Å²) in [5.74, 6) is -1.40. The van der Waals surface area contributed by atoms with Crippen LogP contribution in [0.5, 0.6) is 5.75 Å². The topological polar surface area (TPSA) is 67.4 Å². The van der Waals surface area contributed by atoms with Gasteiger partial charge in [0.25, 0.3) is 5.91 Å². The predicted molar refractivity (Wildman–Crippen MR) is 93.4 cm³/mol. The summed E-state index contributed by atoms with van der Waals surface area (Å²) in [6, 6.07) is 12.3. The molecule has 0 radical (unpaired) electrons. The van der Waals surface area contributed by atoms with Crippen LogP contribution in [0.4, 0.5) is 8.78 Å². The Bertz CT molecular complexity index is 787. The largest absolute Gasteiger partial charge is 0.434 e. The Morgan fingerprint density at radius 3 is 2.46 bits per heavy atom. The Morgan fingerprint density at radius 2 is 1.77 bits per heavy atom. The van der Waals surface area contributed by atoms with Crippen LogP contribution in [0.25, 0.3) is 0 Å². The summed E-state index contributed by atoms with van der Waals surface area (Å²) < 4.78 is 29.1. The van der Waals surface area contributed by atoms with Gasteiger partial charge in [-0.3, -0.25) is 9.59 Å². The third-order valence-electron chi connectivity index (χ3n) is 3.51. The van der Waals surface area contributed by atoms with Crippen LogP contribution in [0.3, 0.4) is 0 Å². The van der Waals surface area contributed by atoms with E-state index in [-0.39, 0.29) is 23.9 Å². The number of carbonyl (C=O) groups excluding carboxylic acids is 2. The van der Waals surface area contributed by atoms with Gasteiger partial charge in [-0.1, -0.05) is 41.9 Å². The molecule has 0 aliphatic carbocycles. The van der Waals surface area contributed by atoms with Crippen LogP contribution >= 0.6 is 11.6 Å². The molecule has 2 aromatic carbocycles. The van der Waals surface area contributed by atoms with Gasteiger partial charge in [-0.05, 0) is 30.7 Å². The second kappa shape index (κ2) is 9.15. The number of benzene rings is 2. The van der Waals surface area contributed by atoms with E-state index in [1.165, 1.54) is 24.3 Å². The molecule has 138 valence electrons. The van der Waals surface area contributed by atoms with Crippen LogP contribution in [0.1, 0.15) is 28.9 Å². The summed E-state index contributed by atoms with van der Waals surface area (Å²) in [6.07, 6.45) is 0. The van der Waals surface area contributed by atoms with Crippen molar-refractivity contribution >= 4 is 23.4 Å². The Balaban J connectivity index is 1.93. The summed E-state index contributed by atoms with van der Waals surface area (Å²) in [5.41, 5.74) is 0.657. The van der Waals surface area contributed by atoms with Crippen molar-refractivity contribution < 1.29 is 23.1 Å². The number of alkyl halides is 2. The summed E-state index contributed by atoms with van der Waals surface area (Å²) in [6.45, 7) is -1.62. The minimum atomic E-state index is -3.05. The number of amides is 2. The standard InChI is InChI=1S/C18H17ClF2N2O3/c1-11(12-6-2-4-8-14(12)19)23-16(24)10-22-17(25)13-7-3-5-9-15(13)26-18(20)21/h2-9,11,18H,10H2,1H3,(H,22,25)(H,23,24). The fraction of sp³-hybridized carbons (Fsp3) is 0.222. The van der Waals surface area contributed by atoms with E-state index >= 15 is 0 Å². The van der Waals surface area contributed by atoms with E-state index in [0.29, 0.717) is 5.02 Å². The third kappa shape index (κ3) is 5.42. The van der Waals surface area contributed by atoms with Crippen molar-refractivity contribution in [3.05, 3.63) is 64.7 Å². The Hall–Kier alpha value is -2.67. The minimum Gasteiger partial charge on any atom is -0.434 e. The molecular weight excluding hydrogens is 366 g/mol. The van der Waals surface area contributed by atoms with Gasteiger partial charge in [-0.15, -0.1) is 0 Å². The number of nitrogens with one attached hydrogen (secondary N) is 2. The van der Waals surface area contributed by atoms with E-state index in [2.05, 4.69) is 15.4 Å². The maximum atomic E-state index is 12.4. The highest BCUT2D eigenvalue weighted by atomic mass is 35.5. The highest BCUT2D eigenvalue weighted by Gasteiger charge is 2.17. The van der Waals surface area contributed by atoms with Gasteiger partial charge in [-0.25, -0.2) is 0 Å². The molecule has 2 N–H and O–H groups in total. The van der Waals surface area contributed by atoms with E-state index in [9.17, 15) is 18.4 Å². The van der Waals surface area contributed by atoms with E-state index < -0.39 is 18.4 Å². The first-order valence-electron chi connectivity index (χ1n) is 7.74. The SMILES string of the molecule is CC(NC(=O)CNC(=O)c1ccccc1OC(F)F)c1ccccc1Cl. The average Bonchev–Trinajstić information content (AvgIpc) is 2.60. The lowest BCUT2D eigenvalue weighted by atomic mass is 10.1. The van der Waals surface area contributed by atoms with Gasteiger partial charge in [-0.2, -0.15) is 8.78 Å². The van der Waals surface area contributed by atoms with Gasteiger partial charge in [0.05, 0.1) is 18.2 Å². The average molecular weight is 383 g/mol. The molecule has 0 aliphatic heterocycles. The zero-order valence-electron chi connectivity index (χ0n) is 13.8. The second-order valence-corrected chi connectivity index (χ2v) is 5.78.